The Bertz CT molecular complexity index is 362. The molecule has 0 aliphatic rings. The fourth-order valence-corrected chi connectivity index (χ4v) is 1.04. The lowest BCUT2D eigenvalue weighted by molar-refractivity contribution is 1.38. The van der Waals surface area contributed by atoms with Crippen molar-refractivity contribution in [2.45, 2.75) is 12.3 Å². The fraction of sp³-hybridized carbons (Fsp3) is 0.182. The Morgan fingerprint density at radius 1 is 1.23 bits per heavy atom. The van der Waals surface area contributed by atoms with E-state index in [1.807, 2.05) is 30.3 Å². The van der Waals surface area contributed by atoms with Crippen molar-refractivity contribution in [1.82, 2.24) is 0 Å². The molecule has 0 saturated heterocycles. The summed E-state index contributed by atoms with van der Waals surface area (Å²) in [4.78, 5) is 0. The molecule has 0 atom stereocenters. The number of alkyl halides is 1. The number of benzene rings is 1. The molecule has 0 unspecified atom stereocenters. The van der Waals surface area contributed by atoms with Gasteiger partial charge in [0, 0.05) is 11.4 Å². The van der Waals surface area contributed by atoms with E-state index >= 15 is 0 Å². The fourth-order valence-electron chi connectivity index (χ4n) is 0.863. The van der Waals surface area contributed by atoms with Gasteiger partial charge in [-0.05, 0) is 17.7 Å². The van der Waals surface area contributed by atoms with E-state index in [0.29, 0.717) is 5.88 Å². The van der Waals surface area contributed by atoms with E-state index in [-0.39, 0.29) is 6.42 Å². The number of hydrogen-bond acceptors (Lipinski definition) is 1. The first-order valence-electron chi connectivity index (χ1n) is 3.87. The second-order valence-corrected chi connectivity index (χ2v) is 2.73. The number of rotatable bonds is 1. The van der Waals surface area contributed by atoms with Crippen molar-refractivity contribution >= 4 is 11.6 Å². The Balaban J connectivity index is 2.72. The Hall–Kier alpha value is -1.44. The van der Waals surface area contributed by atoms with Crippen molar-refractivity contribution in [3.05, 3.63) is 35.4 Å². The first-order valence-corrected chi connectivity index (χ1v) is 4.41. The van der Waals surface area contributed by atoms with Gasteiger partial charge in [-0.1, -0.05) is 24.0 Å². The van der Waals surface area contributed by atoms with Crippen LogP contribution in [0.3, 0.4) is 0 Å². The van der Waals surface area contributed by atoms with Crippen molar-refractivity contribution in [3.63, 3.8) is 0 Å². The number of nitriles is 1. The topological polar surface area (TPSA) is 23.8 Å². The molecule has 0 fully saturated rings. The molecule has 13 heavy (non-hydrogen) atoms. The average molecular weight is 190 g/mol. The van der Waals surface area contributed by atoms with Crippen molar-refractivity contribution in [1.29, 1.82) is 5.26 Å². The summed E-state index contributed by atoms with van der Waals surface area (Å²) in [5, 5.41) is 8.26. The van der Waals surface area contributed by atoms with Gasteiger partial charge in [0.15, 0.2) is 0 Å². The van der Waals surface area contributed by atoms with Crippen molar-refractivity contribution in [2.24, 2.45) is 0 Å². The van der Waals surface area contributed by atoms with Crippen LogP contribution in [0.4, 0.5) is 0 Å². The molecule has 0 bridgehead atoms. The number of nitrogens with zero attached hydrogens (tertiary/aromatic N) is 1. The number of halogens is 1. The zero-order valence-corrected chi connectivity index (χ0v) is 7.80. The third-order valence-electron chi connectivity index (χ3n) is 1.51. The molecule has 0 N–H and O–H groups in total. The average Bonchev–Trinajstić information content (AvgIpc) is 2.19. The molecule has 0 radical (unpaired) electrons. The molecule has 0 aliphatic heterocycles. The molecule has 64 valence electrons. The Labute approximate surface area is 83.0 Å². The Morgan fingerprint density at radius 3 is 2.46 bits per heavy atom. The summed E-state index contributed by atoms with van der Waals surface area (Å²) in [6.07, 6.45) is 0.275. The largest absolute Gasteiger partial charge is 0.197 e. The van der Waals surface area contributed by atoms with Crippen LogP contribution in [0.25, 0.3) is 0 Å². The van der Waals surface area contributed by atoms with Crippen LogP contribution in [0.1, 0.15) is 17.5 Å². The molecule has 1 rings (SSSR count). The van der Waals surface area contributed by atoms with E-state index in [4.69, 9.17) is 16.9 Å². The normalized spacial score (nSPS) is 8.31. The van der Waals surface area contributed by atoms with Gasteiger partial charge in [-0.15, -0.1) is 11.6 Å². The van der Waals surface area contributed by atoms with Gasteiger partial charge >= 0.3 is 0 Å². The zero-order valence-electron chi connectivity index (χ0n) is 7.05. The van der Waals surface area contributed by atoms with Gasteiger partial charge in [-0.2, -0.15) is 5.26 Å². The molecular weight excluding hydrogens is 182 g/mol. The lowest BCUT2D eigenvalue weighted by Gasteiger charge is -1.93. The van der Waals surface area contributed by atoms with E-state index in [0.717, 1.165) is 11.1 Å². The maximum absolute atomic E-state index is 8.26. The smallest absolute Gasteiger partial charge is 0.0966 e. The highest BCUT2D eigenvalue weighted by atomic mass is 35.5. The molecule has 0 saturated carbocycles. The summed E-state index contributed by atoms with van der Waals surface area (Å²) in [5.74, 6) is 6.15. The maximum Gasteiger partial charge on any atom is 0.0966 e. The highest BCUT2D eigenvalue weighted by Gasteiger charge is 1.88. The second kappa shape index (κ2) is 5.25. The zero-order chi connectivity index (χ0) is 9.52. The molecule has 0 aromatic heterocycles. The quantitative estimate of drug-likeness (QED) is 0.492. The summed E-state index contributed by atoms with van der Waals surface area (Å²) in [7, 11) is 0. The lowest BCUT2D eigenvalue weighted by atomic mass is 10.1. The maximum atomic E-state index is 8.26. The third-order valence-corrected chi connectivity index (χ3v) is 1.82. The third kappa shape index (κ3) is 3.20. The van der Waals surface area contributed by atoms with Crippen LogP contribution in [0.15, 0.2) is 24.3 Å². The van der Waals surface area contributed by atoms with Gasteiger partial charge in [0.2, 0.25) is 0 Å². The minimum absolute atomic E-state index is 0.275. The highest BCUT2D eigenvalue weighted by molar-refractivity contribution is 6.17. The van der Waals surface area contributed by atoms with Crippen LogP contribution >= 0.6 is 11.6 Å². The van der Waals surface area contributed by atoms with E-state index in [2.05, 4.69) is 11.8 Å². The molecule has 0 heterocycles. The summed E-state index contributed by atoms with van der Waals surface area (Å²) in [5.41, 5.74) is 2.00. The molecule has 0 amide bonds. The standard InChI is InChI=1S/C11H8ClN/c12-9-11-6-4-10(5-7-11)3-1-2-8-13/h4-7H,2,9H2. The van der Waals surface area contributed by atoms with Gasteiger partial charge in [-0.3, -0.25) is 0 Å². The molecule has 1 nitrogen and oxygen atoms in total. The van der Waals surface area contributed by atoms with Crippen LogP contribution < -0.4 is 0 Å². The number of hydrogen-bond donors (Lipinski definition) is 0. The first-order chi connectivity index (χ1) is 6.36. The predicted octanol–water partition coefficient (Wildman–Crippen LogP) is 2.69. The van der Waals surface area contributed by atoms with Crippen LogP contribution in [0, 0.1) is 23.2 Å². The van der Waals surface area contributed by atoms with Gasteiger partial charge in [0.25, 0.3) is 0 Å². The van der Waals surface area contributed by atoms with Crippen molar-refractivity contribution in [3.8, 4) is 17.9 Å². The van der Waals surface area contributed by atoms with Crippen LogP contribution in [-0.2, 0) is 5.88 Å². The van der Waals surface area contributed by atoms with E-state index < -0.39 is 0 Å². The Kier molecular flexibility index (Phi) is 3.89. The van der Waals surface area contributed by atoms with E-state index in [1.54, 1.807) is 0 Å². The van der Waals surface area contributed by atoms with Gasteiger partial charge in [-0.25, -0.2) is 0 Å². The first kappa shape index (κ1) is 9.65. The molecule has 1 aromatic rings. The van der Waals surface area contributed by atoms with Gasteiger partial charge in [0.05, 0.1) is 12.5 Å². The van der Waals surface area contributed by atoms with E-state index in [9.17, 15) is 0 Å². The minimum Gasteiger partial charge on any atom is -0.197 e. The monoisotopic (exact) mass is 189 g/mol. The van der Waals surface area contributed by atoms with Gasteiger partial charge < -0.3 is 0 Å². The molecular formula is C11H8ClN. The summed E-state index contributed by atoms with van der Waals surface area (Å²) in [6, 6.07) is 9.64. The van der Waals surface area contributed by atoms with Crippen LogP contribution in [-0.4, -0.2) is 0 Å². The van der Waals surface area contributed by atoms with Crippen LogP contribution in [0.5, 0.6) is 0 Å². The van der Waals surface area contributed by atoms with Crippen molar-refractivity contribution < 1.29 is 0 Å². The summed E-state index contributed by atoms with van der Waals surface area (Å²) < 4.78 is 0. The molecule has 1 aromatic carbocycles. The van der Waals surface area contributed by atoms with Gasteiger partial charge in [0.1, 0.15) is 0 Å². The summed E-state index contributed by atoms with van der Waals surface area (Å²) >= 11 is 5.63. The summed E-state index contributed by atoms with van der Waals surface area (Å²) in [6.45, 7) is 0. The van der Waals surface area contributed by atoms with E-state index in [1.165, 1.54) is 0 Å². The molecule has 0 spiro atoms. The minimum atomic E-state index is 0.275. The lowest BCUT2D eigenvalue weighted by Crippen LogP contribution is -1.78. The van der Waals surface area contributed by atoms with Crippen molar-refractivity contribution in [2.75, 3.05) is 0 Å². The molecule has 2 heteroatoms. The highest BCUT2D eigenvalue weighted by Crippen LogP contribution is 2.05. The molecule has 0 aliphatic carbocycles. The predicted molar refractivity (Wildman–Crippen MR) is 53.1 cm³/mol. The Morgan fingerprint density at radius 2 is 1.92 bits per heavy atom. The van der Waals surface area contributed by atoms with Crippen LogP contribution in [0.2, 0.25) is 0 Å². The SMILES string of the molecule is N#CCC#Cc1ccc(CCl)cc1. The second-order valence-electron chi connectivity index (χ2n) is 2.47.